The molecule has 6 saturated carbocycles. The molecule has 15 atom stereocenters. The number of rotatable bonds is 21. The number of hydroxylamine groups is 2. The second-order valence-corrected chi connectivity index (χ2v) is 23.2. The SMILES string of the molecule is CCCCCCNC(=O)O[C@@H](C)[C@@H]1[C@H](CO)ON(CC2CCCC(C3CC(C(=O)N[C@@H](CC4CCCCC4)CN(C)C)CC(N(C)C)C3)C2OC)[C@@H]1C(=O)N[C@H]1C[C@H]2C[C@@H]([C@@H]1C)C2(C)C. The summed E-state index contributed by atoms with van der Waals surface area (Å²) in [5.74, 6) is 2.22. The summed E-state index contributed by atoms with van der Waals surface area (Å²) in [6, 6.07) is -0.267. The van der Waals surface area contributed by atoms with E-state index < -0.39 is 30.3 Å². The van der Waals surface area contributed by atoms with E-state index in [1.54, 1.807) is 0 Å². The summed E-state index contributed by atoms with van der Waals surface area (Å²) in [5, 5.41) is 22.7. The van der Waals surface area contributed by atoms with Crippen LogP contribution in [0.3, 0.4) is 0 Å². The number of aliphatic hydroxyl groups excluding tert-OH is 1. The first-order valence-electron chi connectivity index (χ1n) is 26.5. The van der Waals surface area contributed by atoms with Gasteiger partial charge in [-0.15, -0.1) is 0 Å². The van der Waals surface area contributed by atoms with E-state index in [0.717, 1.165) is 83.6 Å². The Hall–Kier alpha value is -2.03. The number of ether oxygens (including phenoxy) is 2. The summed E-state index contributed by atoms with van der Waals surface area (Å²) in [5.41, 5.74) is 0.282. The number of hydrogen-bond donors (Lipinski definition) is 4. The lowest BCUT2D eigenvalue weighted by atomic mass is 9.45. The summed E-state index contributed by atoms with van der Waals surface area (Å²) in [7, 11) is 10.4. The van der Waals surface area contributed by atoms with Crippen molar-refractivity contribution in [3.63, 3.8) is 0 Å². The molecule has 0 spiro atoms. The Balaban J connectivity index is 1.18. The second-order valence-electron chi connectivity index (χ2n) is 23.2. The third-order valence-electron chi connectivity index (χ3n) is 18.0. The molecular weight excluding hydrogens is 821 g/mol. The van der Waals surface area contributed by atoms with Gasteiger partial charge in [0.05, 0.1) is 18.6 Å². The fraction of sp³-hybridized carbons (Fsp3) is 0.942. The van der Waals surface area contributed by atoms with Gasteiger partial charge in [-0.25, -0.2) is 4.79 Å². The van der Waals surface area contributed by atoms with Gasteiger partial charge in [0.25, 0.3) is 0 Å². The number of carbonyl (C=O) groups excluding carboxylic acids is 3. The number of hydrogen-bond acceptors (Lipinski definition) is 10. The third-order valence-corrected chi connectivity index (χ3v) is 18.0. The normalized spacial score (nSPS) is 36.2. The quantitative estimate of drug-likeness (QED) is 0.0870. The molecule has 7 aliphatic rings. The molecule has 2 bridgehead atoms. The molecule has 0 aromatic heterocycles. The van der Waals surface area contributed by atoms with Gasteiger partial charge in [0.15, 0.2) is 0 Å². The number of fused-ring (bicyclic) bond motifs is 2. The van der Waals surface area contributed by atoms with Crippen LogP contribution in [0.25, 0.3) is 0 Å². The molecule has 4 N–H and O–H groups in total. The van der Waals surface area contributed by atoms with Crippen molar-refractivity contribution in [1.82, 2.24) is 30.8 Å². The van der Waals surface area contributed by atoms with Crippen LogP contribution < -0.4 is 16.0 Å². The van der Waals surface area contributed by atoms with Crippen molar-refractivity contribution >= 4 is 17.9 Å². The summed E-state index contributed by atoms with van der Waals surface area (Å²) in [4.78, 5) is 53.6. The molecule has 6 aliphatic carbocycles. The molecule has 0 aromatic rings. The molecule has 7 fully saturated rings. The van der Waals surface area contributed by atoms with Crippen LogP contribution in [0.2, 0.25) is 0 Å². The number of likely N-dealkylation sites (N-methyl/N-ethyl adjacent to an activating group) is 1. The van der Waals surface area contributed by atoms with Gasteiger partial charge in [-0.05, 0) is 134 Å². The highest BCUT2D eigenvalue weighted by Gasteiger charge is 2.58. The highest BCUT2D eigenvalue weighted by molar-refractivity contribution is 5.83. The van der Waals surface area contributed by atoms with E-state index in [-0.39, 0.29) is 59.8 Å². The van der Waals surface area contributed by atoms with Crippen molar-refractivity contribution in [1.29, 1.82) is 0 Å². The van der Waals surface area contributed by atoms with Crippen LogP contribution in [-0.2, 0) is 23.9 Å². The Labute approximate surface area is 394 Å². The summed E-state index contributed by atoms with van der Waals surface area (Å²) in [6.07, 6.45) is 17.5. The van der Waals surface area contributed by atoms with Crippen molar-refractivity contribution in [2.24, 2.45) is 58.7 Å². The van der Waals surface area contributed by atoms with Gasteiger partial charge in [0.1, 0.15) is 18.2 Å². The van der Waals surface area contributed by atoms with E-state index in [9.17, 15) is 19.5 Å². The fourth-order valence-corrected chi connectivity index (χ4v) is 14.2. The predicted octanol–water partition coefficient (Wildman–Crippen LogP) is 7.26. The van der Waals surface area contributed by atoms with Gasteiger partial charge in [-0.1, -0.05) is 85.5 Å². The lowest BCUT2D eigenvalue weighted by molar-refractivity contribution is -0.193. The van der Waals surface area contributed by atoms with E-state index in [1.807, 2.05) is 19.1 Å². The van der Waals surface area contributed by atoms with Gasteiger partial charge in [0, 0.05) is 56.7 Å². The molecular formula is C52H94N6O7. The van der Waals surface area contributed by atoms with Gasteiger partial charge in [-0.3, -0.25) is 14.4 Å². The number of nitrogens with one attached hydrogen (secondary N) is 3. The van der Waals surface area contributed by atoms with Gasteiger partial charge < -0.3 is 40.3 Å². The van der Waals surface area contributed by atoms with E-state index >= 15 is 0 Å². The molecule has 0 aromatic carbocycles. The molecule has 1 heterocycles. The lowest BCUT2D eigenvalue weighted by Gasteiger charge is -2.62. The zero-order valence-corrected chi connectivity index (χ0v) is 42.5. The van der Waals surface area contributed by atoms with E-state index in [0.29, 0.717) is 48.7 Å². The smallest absolute Gasteiger partial charge is 0.407 e. The largest absolute Gasteiger partial charge is 0.446 e. The number of aliphatic hydroxyl groups is 1. The maximum atomic E-state index is 14.9. The van der Waals surface area contributed by atoms with Crippen molar-refractivity contribution in [3.8, 4) is 0 Å². The number of methoxy groups -OCH3 is 1. The maximum Gasteiger partial charge on any atom is 0.407 e. The Morgan fingerprint density at radius 1 is 0.923 bits per heavy atom. The molecule has 13 nitrogen and oxygen atoms in total. The van der Waals surface area contributed by atoms with E-state index in [2.05, 4.69) is 81.6 Å². The molecule has 65 heavy (non-hydrogen) atoms. The lowest BCUT2D eigenvalue weighted by Crippen LogP contribution is -2.62. The molecule has 1 saturated heterocycles. The number of nitrogens with zero attached hydrogens (tertiary/aromatic N) is 3. The van der Waals surface area contributed by atoms with Crippen LogP contribution in [-0.4, -0.2) is 142 Å². The minimum atomic E-state index is -0.763. The van der Waals surface area contributed by atoms with Crippen molar-refractivity contribution in [3.05, 3.63) is 0 Å². The molecule has 6 unspecified atom stereocenters. The molecule has 374 valence electrons. The fourth-order valence-electron chi connectivity index (χ4n) is 14.2. The average Bonchev–Trinajstić information content (AvgIpc) is 3.65. The summed E-state index contributed by atoms with van der Waals surface area (Å²) < 4.78 is 12.6. The summed E-state index contributed by atoms with van der Waals surface area (Å²) in [6.45, 7) is 12.6. The van der Waals surface area contributed by atoms with Crippen LogP contribution in [0, 0.1) is 58.7 Å². The molecule has 1 aliphatic heterocycles. The predicted molar refractivity (Wildman–Crippen MR) is 257 cm³/mol. The Kier molecular flexibility index (Phi) is 19.3. The number of alkyl carbamates (subject to hydrolysis) is 1. The van der Waals surface area contributed by atoms with E-state index in [4.69, 9.17) is 14.3 Å². The van der Waals surface area contributed by atoms with Gasteiger partial charge >= 0.3 is 6.09 Å². The number of unbranched alkanes of at least 4 members (excludes halogenated alkanes) is 3. The minimum Gasteiger partial charge on any atom is -0.446 e. The van der Waals surface area contributed by atoms with Crippen LogP contribution >= 0.6 is 0 Å². The standard InChI is InChI=1S/C52H94N6O7/c1-11-12-13-17-23-53-51(62)64-34(3)46-45(32-59)65-58(47(46)50(61)55-44-29-39-28-43(33(44)2)52(39,4)5)30-36-21-18-22-42(48(36)63-10)37-25-38(27-41(26-37)57(8)9)49(60)54-40(31-56(6)7)24-35-19-15-14-16-20-35/h33-48,59H,11-32H2,1-10H3,(H,53,62)(H,54,60)(H,55,61)/t33-,34-,36?,37?,38?,39+,40-,41?,42?,43-,44-,45-,46+,47-,48?/m0/s1. The van der Waals surface area contributed by atoms with Crippen molar-refractivity contribution in [2.75, 3.05) is 61.5 Å². The van der Waals surface area contributed by atoms with Gasteiger partial charge in [-0.2, -0.15) is 5.06 Å². The maximum absolute atomic E-state index is 14.9. The van der Waals surface area contributed by atoms with Gasteiger partial charge in [0.2, 0.25) is 11.8 Å². The summed E-state index contributed by atoms with van der Waals surface area (Å²) >= 11 is 0. The highest BCUT2D eigenvalue weighted by atomic mass is 16.7. The first-order valence-corrected chi connectivity index (χ1v) is 26.5. The monoisotopic (exact) mass is 915 g/mol. The average molecular weight is 915 g/mol. The van der Waals surface area contributed by atoms with Crippen LogP contribution in [0.4, 0.5) is 4.79 Å². The zero-order chi connectivity index (χ0) is 47.0. The van der Waals surface area contributed by atoms with Crippen molar-refractivity contribution < 1.29 is 33.8 Å². The number of carbonyl (C=O) groups is 3. The zero-order valence-electron chi connectivity index (χ0n) is 42.5. The van der Waals surface area contributed by atoms with E-state index in [1.165, 1.54) is 38.5 Å². The third kappa shape index (κ3) is 13.0. The molecule has 13 heteroatoms. The molecule has 3 amide bonds. The first-order chi connectivity index (χ1) is 31.1. The number of amides is 3. The Bertz CT molecular complexity index is 1510. The molecule has 7 rings (SSSR count). The first kappa shape index (κ1) is 52.3. The van der Waals surface area contributed by atoms with Crippen LogP contribution in [0.15, 0.2) is 0 Å². The Morgan fingerprint density at radius 2 is 1.68 bits per heavy atom. The van der Waals surface area contributed by atoms with Crippen LogP contribution in [0.5, 0.6) is 0 Å². The minimum absolute atomic E-state index is 0.0508. The Morgan fingerprint density at radius 3 is 2.32 bits per heavy atom. The van der Waals surface area contributed by atoms with Crippen LogP contribution in [0.1, 0.15) is 150 Å². The second kappa shape index (κ2) is 24.0. The van der Waals surface area contributed by atoms with Crippen molar-refractivity contribution in [2.45, 2.75) is 193 Å². The molecule has 0 radical (unpaired) electrons. The highest BCUT2D eigenvalue weighted by Crippen LogP contribution is 2.61. The topological polar surface area (TPSA) is 145 Å².